The second-order valence-electron chi connectivity index (χ2n) is 12.1. The molecule has 1 heterocycles. The van der Waals surface area contributed by atoms with Gasteiger partial charge in [-0.15, -0.1) is 0 Å². The van der Waals surface area contributed by atoms with Gasteiger partial charge in [-0.3, -0.25) is 0 Å². The van der Waals surface area contributed by atoms with Crippen LogP contribution < -0.4 is 0 Å². The Balaban J connectivity index is 1.44. The molecule has 4 aliphatic carbocycles. The van der Waals surface area contributed by atoms with Crippen LogP contribution in [0, 0.1) is 45.8 Å². The van der Waals surface area contributed by atoms with Crippen molar-refractivity contribution in [3.8, 4) is 6.07 Å². The monoisotopic (exact) mass is 430 g/mol. The molecule has 0 bridgehead atoms. The first-order valence-electron chi connectivity index (χ1n) is 12.0. The maximum Gasteiger partial charge on any atom is 0.184 e. The zero-order valence-electron chi connectivity index (χ0n) is 19.5. The lowest BCUT2D eigenvalue weighted by atomic mass is 9.44. The van der Waals surface area contributed by atoms with Gasteiger partial charge in [0.15, 0.2) is 8.32 Å². The molecule has 0 N–H and O–H groups in total. The fourth-order valence-corrected chi connectivity index (χ4v) is 9.74. The largest absolute Gasteiger partial charge is 0.414 e. The fourth-order valence-electron chi connectivity index (χ4n) is 8.50. The zero-order chi connectivity index (χ0) is 21.5. The Hall–Kier alpha value is -0.903. The maximum absolute atomic E-state index is 9.90. The van der Waals surface area contributed by atoms with Crippen molar-refractivity contribution in [2.45, 2.75) is 96.2 Å². The zero-order valence-corrected chi connectivity index (χ0v) is 20.5. The van der Waals surface area contributed by atoms with Crippen molar-refractivity contribution in [2.75, 3.05) is 7.11 Å². The normalized spacial score (nSPS) is 53.2. The Morgan fingerprint density at radius 1 is 1.10 bits per heavy atom. The number of epoxide rings is 1. The van der Waals surface area contributed by atoms with Gasteiger partial charge < -0.3 is 14.0 Å². The third-order valence-electron chi connectivity index (χ3n) is 9.78. The predicted molar refractivity (Wildman–Crippen MR) is 118 cm³/mol. The molecule has 5 nitrogen and oxygen atoms in total. The summed E-state index contributed by atoms with van der Waals surface area (Å²) >= 11 is 0. The summed E-state index contributed by atoms with van der Waals surface area (Å²) in [5.41, 5.74) is 1.10. The van der Waals surface area contributed by atoms with Crippen molar-refractivity contribution in [2.24, 2.45) is 39.7 Å². The number of hydrogen-bond acceptors (Lipinski definition) is 5. The van der Waals surface area contributed by atoms with E-state index in [9.17, 15) is 5.26 Å². The van der Waals surface area contributed by atoms with E-state index < -0.39 is 8.32 Å². The van der Waals surface area contributed by atoms with Gasteiger partial charge in [0.05, 0.1) is 18.1 Å². The van der Waals surface area contributed by atoms with E-state index >= 15 is 0 Å². The molecule has 0 amide bonds. The Morgan fingerprint density at radius 3 is 2.53 bits per heavy atom. The van der Waals surface area contributed by atoms with E-state index in [1.807, 2.05) is 0 Å². The molecule has 0 aromatic heterocycles. The minimum atomic E-state index is -1.55. The predicted octanol–water partition coefficient (Wildman–Crippen LogP) is 5.13. The molecule has 1 aliphatic heterocycles. The highest BCUT2D eigenvalue weighted by Crippen LogP contribution is 2.73. The Bertz CT molecular complexity index is 803. The van der Waals surface area contributed by atoms with E-state index in [2.05, 4.69) is 44.7 Å². The average molecular weight is 431 g/mol. The number of hydrogen-bond donors (Lipinski definition) is 0. The van der Waals surface area contributed by atoms with Crippen molar-refractivity contribution >= 4 is 14.0 Å². The number of ether oxygens (including phenoxy) is 1. The molecule has 0 aromatic rings. The number of nitrogens with zero attached hydrogens (tertiary/aromatic N) is 2. The second kappa shape index (κ2) is 6.56. The van der Waals surface area contributed by atoms with Crippen LogP contribution in [0.3, 0.4) is 0 Å². The van der Waals surface area contributed by atoms with Crippen LogP contribution in [0.5, 0.6) is 0 Å². The molecule has 0 aromatic carbocycles. The van der Waals surface area contributed by atoms with Gasteiger partial charge in [-0.05, 0) is 87.8 Å². The second-order valence-corrected chi connectivity index (χ2v) is 16.6. The van der Waals surface area contributed by atoms with Crippen LogP contribution in [-0.2, 0) is 14.0 Å². The van der Waals surface area contributed by atoms with Gasteiger partial charge in [0.25, 0.3) is 0 Å². The summed E-state index contributed by atoms with van der Waals surface area (Å²) in [5.74, 6) is 1.94. The van der Waals surface area contributed by atoms with E-state index in [1.165, 1.54) is 32.1 Å². The van der Waals surface area contributed by atoms with E-state index in [0.717, 1.165) is 30.4 Å². The molecule has 9 atom stereocenters. The first-order valence-corrected chi connectivity index (χ1v) is 15.4. The summed E-state index contributed by atoms with van der Waals surface area (Å²) in [5, 5.41) is 14.1. The van der Waals surface area contributed by atoms with E-state index in [1.54, 1.807) is 7.11 Å². The van der Waals surface area contributed by atoms with Crippen molar-refractivity contribution in [1.29, 1.82) is 5.26 Å². The maximum atomic E-state index is 9.90. The Kier molecular flexibility index (Phi) is 4.58. The van der Waals surface area contributed by atoms with Crippen molar-refractivity contribution < 1.29 is 14.0 Å². The minimum absolute atomic E-state index is 0.0124. The van der Waals surface area contributed by atoms with E-state index in [-0.39, 0.29) is 23.0 Å². The highest BCUT2D eigenvalue weighted by atomic mass is 28.4. The quantitative estimate of drug-likeness (QED) is 0.353. The van der Waals surface area contributed by atoms with Gasteiger partial charge in [-0.1, -0.05) is 19.0 Å². The summed E-state index contributed by atoms with van der Waals surface area (Å²) in [6.07, 6.45) is 8.65. The van der Waals surface area contributed by atoms with Crippen molar-refractivity contribution in [3.05, 3.63) is 0 Å². The summed E-state index contributed by atoms with van der Waals surface area (Å²) in [7, 11) is 0.0235. The molecule has 6 heteroatoms. The van der Waals surface area contributed by atoms with Gasteiger partial charge in [0, 0.05) is 5.41 Å². The molecule has 5 aliphatic rings. The number of nitriles is 1. The highest BCUT2D eigenvalue weighted by Gasteiger charge is 2.77. The summed E-state index contributed by atoms with van der Waals surface area (Å²) in [6.45, 7) is 11.9. The minimum Gasteiger partial charge on any atom is -0.414 e. The Labute approximate surface area is 182 Å². The van der Waals surface area contributed by atoms with Gasteiger partial charge in [0.1, 0.15) is 24.5 Å². The van der Waals surface area contributed by atoms with E-state index in [4.69, 9.17) is 14.0 Å². The first-order chi connectivity index (χ1) is 14.1. The first kappa shape index (κ1) is 21.0. The standard InChI is InChI=1S/C24H38N2O3Si/c1-22-11-10-18-16(17(22)7-8-19(22)29-30(4,5)6)9-12-24-21(28-24)20(26-27-3)15(14-25)13-23(18,24)2/h15-19,21H,7-13H2,1-6H3/b26-20+/t15-,16-,17-,18-,19-,21+,22-,23+,24+/m0/s1. The number of rotatable bonds is 3. The van der Waals surface area contributed by atoms with Gasteiger partial charge in [0.2, 0.25) is 0 Å². The van der Waals surface area contributed by atoms with Crippen LogP contribution >= 0.6 is 0 Å². The van der Waals surface area contributed by atoms with Gasteiger partial charge in [-0.2, -0.15) is 5.26 Å². The molecule has 0 radical (unpaired) electrons. The van der Waals surface area contributed by atoms with Crippen LogP contribution in [0.25, 0.3) is 0 Å². The molecule has 5 fully saturated rings. The molecule has 166 valence electrons. The van der Waals surface area contributed by atoms with Gasteiger partial charge >= 0.3 is 0 Å². The molecular formula is C24H38N2O3Si. The Morgan fingerprint density at radius 2 is 1.87 bits per heavy atom. The topological polar surface area (TPSA) is 67.1 Å². The molecule has 30 heavy (non-hydrogen) atoms. The van der Waals surface area contributed by atoms with Crippen molar-refractivity contribution in [3.63, 3.8) is 0 Å². The number of fused-ring (bicyclic) bond motifs is 4. The lowest BCUT2D eigenvalue weighted by Gasteiger charge is -2.60. The summed E-state index contributed by atoms with van der Waals surface area (Å²) < 4.78 is 13.2. The fraction of sp³-hybridized carbons (Fsp3) is 0.917. The van der Waals surface area contributed by atoms with Crippen LogP contribution in [0.4, 0.5) is 0 Å². The lowest BCUT2D eigenvalue weighted by molar-refractivity contribution is -0.119. The lowest BCUT2D eigenvalue weighted by Crippen LogP contribution is -2.60. The molecule has 1 saturated heterocycles. The number of oxime groups is 1. The molecular weight excluding hydrogens is 392 g/mol. The highest BCUT2D eigenvalue weighted by molar-refractivity contribution is 6.69. The average Bonchev–Trinajstić information content (AvgIpc) is 3.33. The third-order valence-corrected chi connectivity index (χ3v) is 10.8. The van der Waals surface area contributed by atoms with Crippen molar-refractivity contribution in [1.82, 2.24) is 0 Å². The van der Waals surface area contributed by atoms with E-state index in [0.29, 0.717) is 17.4 Å². The molecule has 0 unspecified atom stereocenters. The van der Waals surface area contributed by atoms with Crippen LogP contribution in [0.2, 0.25) is 19.6 Å². The van der Waals surface area contributed by atoms with Crippen LogP contribution in [0.1, 0.15) is 58.8 Å². The summed E-state index contributed by atoms with van der Waals surface area (Å²) in [6, 6.07) is 2.53. The summed E-state index contributed by atoms with van der Waals surface area (Å²) in [4.78, 5) is 5.09. The molecule has 1 spiro atoms. The third kappa shape index (κ3) is 2.67. The molecule has 4 saturated carbocycles. The SMILES string of the molecule is CO/N=C1\[C@H](C#N)C[C@]2(C)[C@H]3CC[C@]4(C)[C@@H](O[Si](C)(C)C)CC[C@H]4[C@@H]3CC[C@]23O[C@H]13. The smallest absolute Gasteiger partial charge is 0.184 e. The van der Waals surface area contributed by atoms with Crippen LogP contribution in [-0.4, -0.2) is 38.9 Å². The molecule has 5 rings (SSSR count). The van der Waals surface area contributed by atoms with Gasteiger partial charge in [-0.25, -0.2) is 0 Å². The van der Waals surface area contributed by atoms with Crippen LogP contribution in [0.15, 0.2) is 5.16 Å².